The van der Waals surface area contributed by atoms with E-state index in [1.165, 1.54) is 19.2 Å². The average Bonchev–Trinajstić information content (AvgIpc) is 2.38. The van der Waals surface area contributed by atoms with Crippen molar-refractivity contribution in [3.05, 3.63) is 63.9 Å². The molecule has 2 rings (SSSR count). The molecule has 0 saturated carbocycles. The summed E-state index contributed by atoms with van der Waals surface area (Å²) in [6, 6.07) is 6.10. The normalized spacial score (nSPS) is 12.0. The maximum atomic E-state index is 13.6. The average molecular weight is 341 g/mol. The Morgan fingerprint density at radius 3 is 2.50 bits per heavy atom. The zero-order valence-electron chi connectivity index (χ0n) is 10.5. The lowest BCUT2D eigenvalue weighted by Gasteiger charge is -2.15. The number of halogens is 3. The van der Waals surface area contributed by atoms with Gasteiger partial charge in [0, 0.05) is 16.2 Å². The Bertz CT molecular complexity index is 629. The van der Waals surface area contributed by atoms with Gasteiger partial charge < -0.3 is 5.32 Å². The lowest BCUT2D eigenvalue weighted by molar-refractivity contribution is 0.0933. The van der Waals surface area contributed by atoms with Gasteiger partial charge in [0.05, 0.1) is 6.04 Å². The van der Waals surface area contributed by atoms with E-state index in [9.17, 15) is 13.6 Å². The molecule has 1 unspecified atom stereocenters. The minimum Gasteiger partial charge on any atom is -0.344 e. The summed E-state index contributed by atoms with van der Waals surface area (Å²) in [5.41, 5.74) is -0.0102. The molecule has 1 amide bonds. The van der Waals surface area contributed by atoms with Crippen molar-refractivity contribution in [1.29, 1.82) is 0 Å². The lowest BCUT2D eigenvalue weighted by atomic mass is 10.1. The number of carbonyl (C=O) groups is 1. The summed E-state index contributed by atoms with van der Waals surface area (Å²) in [6.07, 6.45) is 1.47. The van der Waals surface area contributed by atoms with Crippen LogP contribution in [0.1, 0.15) is 29.0 Å². The third-order valence-electron chi connectivity index (χ3n) is 2.75. The van der Waals surface area contributed by atoms with Crippen LogP contribution in [0, 0.1) is 11.6 Å². The Balaban J connectivity index is 2.22. The molecule has 20 heavy (non-hydrogen) atoms. The summed E-state index contributed by atoms with van der Waals surface area (Å²) in [5.74, 6) is -1.90. The zero-order valence-corrected chi connectivity index (χ0v) is 12.1. The molecule has 0 aliphatic heterocycles. The second-order valence-electron chi connectivity index (χ2n) is 4.16. The number of carbonyl (C=O) groups excluding carboxylic acids is 1. The summed E-state index contributed by atoms with van der Waals surface area (Å²) in [7, 11) is 0. The monoisotopic (exact) mass is 340 g/mol. The fourth-order valence-electron chi connectivity index (χ4n) is 1.81. The van der Waals surface area contributed by atoms with Crippen molar-refractivity contribution < 1.29 is 13.6 Å². The highest BCUT2D eigenvalue weighted by molar-refractivity contribution is 9.10. The topological polar surface area (TPSA) is 42.0 Å². The molecule has 1 aromatic heterocycles. The molecular weight excluding hydrogens is 330 g/mol. The van der Waals surface area contributed by atoms with Crippen molar-refractivity contribution in [1.82, 2.24) is 10.3 Å². The van der Waals surface area contributed by atoms with Crippen LogP contribution in [0.25, 0.3) is 0 Å². The van der Waals surface area contributed by atoms with Crippen molar-refractivity contribution in [2.75, 3.05) is 0 Å². The van der Waals surface area contributed by atoms with Crippen LogP contribution in [0.2, 0.25) is 0 Å². The molecular formula is C14H11BrF2N2O. The summed E-state index contributed by atoms with van der Waals surface area (Å²) in [6.45, 7) is 1.51. The predicted octanol–water partition coefficient (Wildman–Crippen LogP) is 3.61. The summed E-state index contributed by atoms with van der Waals surface area (Å²) >= 11 is 3.20. The van der Waals surface area contributed by atoms with Gasteiger partial charge in [-0.3, -0.25) is 4.79 Å². The number of nitrogens with zero attached hydrogens (tertiary/aromatic N) is 1. The molecule has 6 heteroatoms. The number of benzene rings is 1. The fraction of sp³-hybridized carbons (Fsp3) is 0.143. The van der Waals surface area contributed by atoms with E-state index in [2.05, 4.69) is 26.2 Å². The minimum absolute atomic E-state index is 0.163. The van der Waals surface area contributed by atoms with E-state index in [4.69, 9.17) is 0 Å². The summed E-state index contributed by atoms with van der Waals surface area (Å²) in [5, 5.41) is 2.52. The first-order chi connectivity index (χ1) is 9.50. The Kier molecular flexibility index (Phi) is 4.44. The fourth-order valence-corrected chi connectivity index (χ4v) is 2.25. The van der Waals surface area contributed by atoms with Crippen LogP contribution in [-0.4, -0.2) is 10.9 Å². The van der Waals surface area contributed by atoms with Crippen molar-refractivity contribution in [3.63, 3.8) is 0 Å². The van der Waals surface area contributed by atoms with E-state index in [0.29, 0.717) is 4.47 Å². The third kappa shape index (κ3) is 3.01. The second kappa shape index (κ2) is 6.09. The van der Waals surface area contributed by atoms with Gasteiger partial charge in [-0.25, -0.2) is 13.8 Å². The molecule has 0 radical (unpaired) electrons. The van der Waals surface area contributed by atoms with E-state index < -0.39 is 23.6 Å². The van der Waals surface area contributed by atoms with Crippen LogP contribution in [-0.2, 0) is 0 Å². The van der Waals surface area contributed by atoms with Gasteiger partial charge in [-0.15, -0.1) is 0 Å². The molecule has 0 bridgehead atoms. The molecule has 1 atom stereocenters. The molecule has 3 nitrogen and oxygen atoms in total. The lowest BCUT2D eigenvalue weighted by Crippen LogP contribution is -2.29. The number of hydrogen-bond acceptors (Lipinski definition) is 2. The van der Waals surface area contributed by atoms with Crippen LogP contribution in [0.15, 0.2) is 41.0 Å². The number of hydrogen-bond donors (Lipinski definition) is 1. The number of pyridine rings is 1. The van der Waals surface area contributed by atoms with Crippen molar-refractivity contribution in [2.45, 2.75) is 13.0 Å². The number of amides is 1. The second-order valence-corrected chi connectivity index (χ2v) is 5.02. The van der Waals surface area contributed by atoms with E-state index >= 15 is 0 Å². The molecule has 1 aromatic carbocycles. The Morgan fingerprint density at radius 2 is 1.90 bits per heavy atom. The first-order valence-electron chi connectivity index (χ1n) is 5.86. The van der Waals surface area contributed by atoms with Gasteiger partial charge in [0.2, 0.25) is 0 Å². The van der Waals surface area contributed by atoms with Gasteiger partial charge >= 0.3 is 0 Å². The minimum atomic E-state index is -0.808. The van der Waals surface area contributed by atoms with Gasteiger partial charge in [0.25, 0.3) is 5.91 Å². The first-order valence-corrected chi connectivity index (χ1v) is 6.65. The quantitative estimate of drug-likeness (QED) is 0.927. The Hall–Kier alpha value is -1.82. The Labute approximate surface area is 123 Å². The SMILES string of the molecule is CC(NC(=O)c1ncccc1Br)c1c(F)cccc1F. The van der Waals surface area contributed by atoms with Crippen molar-refractivity contribution in [2.24, 2.45) is 0 Å². The first kappa shape index (κ1) is 14.6. The van der Waals surface area contributed by atoms with Gasteiger partial charge in [0.1, 0.15) is 17.3 Å². The van der Waals surface area contributed by atoms with Crippen LogP contribution < -0.4 is 5.32 Å². The number of rotatable bonds is 3. The van der Waals surface area contributed by atoms with Crippen LogP contribution in [0.5, 0.6) is 0 Å². The largest absolute Gasteiger partial charge is 0.344 e. The molecule has 2 aromatic rings. The molecule has 0 aliphatic carbocycles. The van der Waals surface area contributed by atoms with Crippen LogP contribution >= 0.6 is 15.9 Å². The highest BCUT2D eigenvalue weighted by atomic mass is 79.9. The predicted molar refractivity (Wildman–Crippen MR) is 74.2 cm³/mol. The third-order valence-corrected chi connectivity index (χ3v) is 3.39. The molecule has 0 fully saturated rings. The van der Waals surface area contributed by atoms with Crippen molar-refractivity contribution >= 4 is 21.8 Å². The highest BCUT2D eigenvalue weighted by Gasteiger charge is 2.20. The summed E-state index contributed by atoms with van der Waals surface area (Å²) < 4.78 is 27.7. The summed E-state index contributed by atoms with van der Waals surface area (Å²) in [4.78, 5) is 15.9. The Morgan fingerprint density at radius 1 is 1.25 bits per heavy atom. The molecule has 1 heterocycles. The molecule has 0 spiro atoms. The molecule has 104 valence electrons. The van der Waals surface area contributed by atoms with Gasteiger partial charge in [-0.1, -0.05) is 6.07 Å². The molecule has 1 N–H and O–H groups in total. The van der Waals surface area contributed by atoms with E-state index in [1.807, 2.05) is 0 Å². The van der Waals surface area contributed by atoms with Gasteiger partial charge in [-0.05, 0) is 47.1 Å². The number of aromatic nitrogens is 1. The van der Waals surface area contributed by atoms with E-state index in [-0.39, 0.29) is 11.3 Å². The standard InChI is InChI=1S/C14H11BrF2N2O/c1-8(12-10(16)5-2-6-11(12)17)19-14(20)13-9(15)4-3-7-18-13/h2-8H,1H3,(H,19,20). The van der Waals surface area contributed by atoms with Crippen LogP contribution in [0.4, 0.5) is 8.78 Å². The smallest absolute Gasteiger partial charge is 0.271 e. The number of nitrogens with one attached hydrogen (secondary N) is 1. The highest BCUT2D eigenvalue weighted by Crippen LogP contribution is 2.21. The zero-order chi connectivity index (χ0) is 14.7. The maximum absolute atomic E-state index is 13.6. The van der Waals surface area contributed by atoms with Crippen molar-refractivity contribution in [3.8, 4) is 0 Å². The van der Waals surface area contributed by atoms with Gasteiger partial charge in [0.15, 0.2) is 0 Å². The maximum Gasteiger partial charge on any atom is 0.271 e. The van der Waals surface area contributed by atoms with E-state index in [0.717, 1.165) is 12.1 Å². The van der Waals surface area contributed by atoms with Gasteiger partial charge in [-0.2, -0.15) is 0 Å². The van der Waals surface area contributed by atoms with E-state index in [1.54, 1.807) is 12.1 Å². The molecule has 0 saturated heterocycles. The van der Waals surface area contributed by atoms with Crippen LogP contribution in [0.3, 0.4) is 0 Å². The molecule has 0 aliphatic rings.